The van der Waals surface area contributed by atoms with Gasteiger partial charge in [-0.15, -0.1) is 0 Å². The maximum Gasteiger partial charge on any atom is 0.331 e. The van der Waals surface area contributed by atoms with Crippen molar-refractivity contribution in [3.8, 4) is 0 Å². The summed E-state index contributed by atoms with van der Waals surface area (Å²) in [5, 5.41) is 12.4. The maximum atomic E-state index is 13.7. The highest BCUT2D eigenvalue weighted by atomic mass is 16.4. The molecule has 7 heteroatoms. The van der Waals surface area contributed by atoms with Gasteiger partial charge in [0, 0.05) is 18.2 Å². The van der Waals surface area contributed by atoms with E-state index in [4.69, 9.17) is 0 Å². The lowest BCUT2D eigenvalue weighted by molar-refractivity contribution is -0.142. The lowest BCUT2D eigenvalue weighted by Crippen LogP contribution is -2.62. The molecule has 1 aliphatic heterocycles. The second-order valence-corrected chi connectivity index (χ2v) is 11.5. The molecule has 0 aromatic heterocycles. The number of nitrogens with zero attached hydrogens (tertiary/aromatic N) is 2. The lowest BCUT2D eigenvalue weighted by atomic mass is 9.84. The normalized spacial score (nSPS) is 20.3. The van der Waals surface area contributed by atoms with Crippen molar-refractivity contribution in [1.29, 1.82) is 0 Å². The van der Waals surface area contributed by atoms with Gasteiger partial charge in [0.25, 0.3) is 0 Å². The number of carbonyl (C=O) groups is 3. The SMILES string of the molecule is CCC(C)(C)N1CCCC[C@@H]1C(=O)N[C@H](C(=O)N(C)[C@H](C=C(C)C(=O)O)C(C)C)C(C)(C)C. The van der Waals surface area contributed by atoms with Crippen LogP contribution in [0.5, 0.6) is 0 Å². The highest BCUT2D eigenvalue weighted by Crippen LogP contribution is 2.29. The van der Waals surface area contributed by atoms with E-state index in [0.29, 0.717) is 0 Å². The number of carboxylic acids is 1. The Hall–Kier alpha value is -1.89. The number of piperidine rings is 1. The highest BCUT2D eigenvalue weighted by molar-refractivity contribution is 5.91. The first-order valence-corrected chi connectivity index (χ1v) is 12.3. The molecule has 0 bridgehead atoms. The third-order valence-electron chi connectivity index (χ3n) is 7.08. The highest BCUT2D eigenvalue weighted by Gasteiger charge is 2.41. The van der Waals surface area contributed by atoms with Gasteiger partial charge < -0.3 is 15.3 Å². The molecule has 1 fully saturated rings. The average Bonchev–Trinajstić information content (AvgIpc) is 2.73. The van der Waals surface area contributed by atoms with Gasteiger partial charge in [0.05, 0.1) is 12.1 Å². The van der Waals surface area contributed by atoms with Crippen molar-refractivity contribution in [3.05, 3.63) is 11.6 Å². The van der Waals surface area contributed by atoms with Gasteiger partial charge >= 0.3 is 5.97 Å². The number of hydrogen-bond donors (Lipinski definition) is 2. The van der Waals surface area contributed by atoms with Crippen LogP contribution < -0.4 is 5.32 Å². The number of rotatable bonds is 9. The first-order valence-electron chi connectivity index (χ1n) is 12.3. The summed E-state index contributed by atoms with van der Waals surface area (Å²) in [6.07, 6.45) is 5.41. The van der Waals surface area contributed by atoms with Gasteiger partial charge in [-0.1, -0.05) is 54.0 Å². The summed E-state index contributed by atoms with van der Waals surface area (Å²) in [6, 6.07) is -1.37. The van der Waals surface area contributed by atoms with E-state index in [2.05, 4.69) is 31.0 Å². The molecule has 1 rings (SSSR count). The van der Waals surface area contributed by atoms with E-state index in [-0.39, 0.29) is 40.9 Å². The molecule has 0 aromatic rings. The molecule has 33 heavy (non-hydrogen) atoms. The third-order valence-corrected chi connectivity index (χ3v) is 7.08. The molecule has 1 heterocycles. The molecule has 0 radical (unpaired) electrons. The number of aliphatic carboxylic acids is 1. The number of likely N-dealkylation sites (N-methyl/N-ethyl adjacent to an activating group) is 1. The van der Waals surface area contributed by atoms with Crippen LogP contribution in [0.4, 0.5) is 0 Å². The fourth-order valence-electron chi connectivity index (χ4n) is 4.45. The van der Waals surface area contributed by atoms with Crippen LogP contribution in [0.15, 0.2) is 11.6 Å². The van der Waals surface area contributed by atoms with Gasteiger partial charge in [0.1, 0.15) is 6.04 Å². The van der Waals surface area contributed by atoms with Crippen LogP contribution in [0.25, 0.3) is 0 Å². The topological polar surface area (TPSA) is 90.0 Å². The average molecular weight is 466 g/mol. The summed E-state index contributed by atoms with van der Waals surface area (Å²) in [4.78, 5) is 42.4. The molecule has 2 N–H and O–H groups in total. The summed E-state index contributed by atoms with van der Waals surface area (Å²) in [5.41, 5.74) is -0.403. The van der Waals surface area contributed by atoms with Crippen LogP contribution in [0.3, 0.4) is 0 Å². The van der Waals surface area contributed by atoms with Gasteiger partial charge in [0.15, 0.2) is 0 Å². The van der Waals surface area contributed by atoms with E-state index < -0.39 is 17.4 Å². The van der Waals surface area contributed by atoms with Crippen molar-refractivity contribution >= 4 is 17.8 Å². The van der Waals surface area contributed by atoms with E-state index in [1.54, 1.807) is 18.0 Å². The summed E-state index contributed by atoms with van der Waals surface area (Å²) >= 11 is 0. The third kappa shape index (κ3) is 7.56. The molecule has 7 nitrogen and oxygen atoms in total. The fourth-order valence-corrected chi connectivity index (χ4v) is 4.45. The summed E-state index contributed by atoms with van der Waals surface area (Å²) in [6.45, 7) is 18.6. The van der Waals surface area contributed by atoms with Gasteiger partial charge in [0.2, 0.25) is 11.8 Å². The number of carboxylic acid groups (broad SMARTS) is 1. The number of carbonyl (C=O) groups excluding carboxylic acids is 2. The van der Waals surface area contributed by atoms with Crippen LogP contribution >= 0.6 is 0 Å². The minimum atomic E-state index is -1.00. The predicted octanol–water partition coefficient (Wildman–Crippen LogP) is 4.07. The Morgan fingerprint density at radius 2 is 1.73 bits per heavy atom. The monoisotopic (exact) mass is 465 g/mol. The van der Waals surface area contributed by atoms with Crippen LogP contribution in [0, 0.1) is 11.3 Å². The zero-order valence-electron chi connectivity index (χ0n) is 22.5. The molecule has 0 spiro atoms. The molecule has 1 aliphatic rings. The maximum absolute atomic E-state index is 13.7. The fraction of sp³-hybridized carbons (Fsp3) is 0.808. The van der Waals surface area contributed by atoms with Gasteiger partial charge in [-0.05, 0) is 57.9 Å². The Balaban J connectivity index is 3.21. The van der Waals surface area contributed by atoms with E-state index >= 15 is 0 Å². The first-order chi connectivity index (χ1) is 15.0. The van der Waals surface area contributed by atoms with E-state index in [1.165, 1.54) is 6.92 Å². The van der Waals surface area contributed by atoms with Crippen LogP contribution in [-0.2, 0) is 14.4 Å². The Bertz CT molecular complexity index is 736. The van der Waals surface area contributed by atoms with Crippen molar-refractivity contribution in [2.75, 3.05) is 13.6 Å². The molecule has 0 aromatic carbocycles. The lowest BCUT2D eigenvalue weighted by Gasteiger charge is -2.46. The molecule has 2 amide bonds. The Morgan fingerprint density at radius 1 is 1.15 bits per heavy atom. The molecule has 0 unspecified atom stereocenters. The van der Waals surface area contributed by atoms with Crippen molar-refractivity contribution in [2.45, 2.75) is 112 Å². The van der Waals surface area contributed by atoms with E-state index in [9.17, 15) is 19.5 Å². The number of likely N-dealkylation sites (tertiary alicyclic amines) is 1. The molecule has 0 aliphatic carbocycles. The number of amides is 2. The van der Waals surface area contributed by atoms with E-state index in [0.717, 1.165) is 32.2 Å². The van der Waals surface area contributed by atoms with Gasteiger partial charge in [-0.3, -0.25) is 14.5 Å². The number of nitrogens with one attached hydrogen (secondary N) is 1. The Morgan fingerprint density at radius 3 is 2.18 bits per heavy atom. The standard InChI is InChI=1S/C26H47N3O4/c1-11-26(8,9)29-15-13-12-14-19(29)22(30)27-21(25(5,6)7)23(31)28(10)20(17(2)3)16-18(4)24(32)33/h16-17,19-21H,11-15H2,1-10H3,(H,27,30)(H,32,33)/t19-,20-,21-/m1/s1. The zero-order valence-corrected chi connectivity index (χ0v) is 22.5. The summed E-state index contributed by atoms with van der Waals surface area (Å²) in [7, 11) is 1.69. The smallest absolute Gasteiger partial charge is 0.331 e. The van der Waals surface area contributed by atoms with Gasteiger partial charge in [-0.25, -0.2) is 4.79 Å². The van der Waals surface area contributed by atoms with Crippen molar-refractivity contribution in [2.24, 2.45) is 11.3 Å². The molecule has 1 saturated heterocycles. The minimum absolute atomic E-state index is 0.0174. The summed E-state index contributed by atoms with van der Waals surface area (Å²) < 4.78 is 0. The minimum Gasteiger partial charge on any atom is -0.478 e. The van der Waals surface area contributed by atoms with Crippen molar-refractivity contribution in [1.82, 2.24) is 15.1 Å². The molecule has 0 saturated carbocycles. The molecule has 190 valence electrons. The largest absolute Gasteiger partial charge is 0.478 e. The number of hydrogen-bond acceptors (Lipinski definition) is 4. The zero-order chi connectivity index (χ0) is 25.7. The predicted molar refractivity (Wildman–Crippen MR) is 133 cm³/mol. The Kier molecular flexibility index (Phi) is 10.2. The van der Waals surface area contributed by atoms with Gasteiger partial charge in [-0.2, -0.15) is 0 Å². The molecular formula is C26H47N3O4. The van der Waals surface area contributed by atoms with Crippen LogP contribution in [-0.4, -0.2) is 69.9 Å². The molecule has 3 atom stereocenters. The Labute approximate surface area is 201 Å². The first kappa shape index (κ1) is 29.1. The summed E-state index contributed by atoms with van der Waals surface area (Å²) in [5.74, 6) is -1.29. The van der Waals surface area contributed by atoms with Crippen molar-refractivity contribution in [3.63, 3.8) is 0 Å². The van der Waals surface area contributed by atoms with Crippen LogP contribution in [0.2, 0.25) is 0 Å². The van der Waals surface area contributed by atoms with E-state index in [1.807, 2.05) is 34.6 Å². The second-order valence-electron chi connectivity index (χ2n) is 11.5. The second kappa shape index (κ2) is 11.5. The molecular weight excluding hydrogens is 418 g/mol. The van der Waals surface area contributed by atoms with Crippen molar-refractivity contribution < 1.29 is 19.5 Å². The quantitative estimate of drug-likeness (QED) is 0.501. The van der Waals surface area contributed by atoms with Crippen LogP contribution in [0.1, 0.15) is 88.0 Å².